The predicted molar refractivity (Wildman–Crippen MR) is 106 cm³/mol. The number of nitrogens with zero attached hydrogens (tertiary/aromatic N) is 3. The third-order valence-electron chi connectivity index (χ3n) is 3.80. The van der Waals surface area contributed by atoms with Crippen LogP contribution >= 0.6 is 22.7 Å². The Bertz CT molecular complexity index is 1070. The van der Waals surface area contributed by atoms with Crippen molar-refractivity contribution in [1.29, 1.82) is 0 Å². The Morgan fingerprint density at radius 3 is 2.67 bits per heavy atom. The summed E-state index contributed by atoms with van der Waals surface area (Å²) < 4.78 is 1.79. The van der Waals surface area contributed by atoms with Crippen molar-refractivity contribution in [1.82, 2.24) is 19.9 Å². The maximum Gasteiger partial charge on any atom is 0.313 e. The number of amides is 2. The third-order valence-corrected chi connectivity index (χ3v) is 5.53. The molecule has 2 N–H and O–H groups in total. The minimum absolute atomic E-state index is 0.334. The van der Waals surface area contributed by atoms with Crippen LogP contribution < -0.4 is 10.6 Å². The first kappa shape index (κ1) is 17.4. The van der Waals surface area contributed by atoms with E-state index < -0.39 is 11.8 Å². The Hall–Kier alpha value is -3.04. The maximum absolute atomic E-state index is 11.9. The Morgan fingerprint density at radius 1 is 1.04 bits per heavy atom. The van der Waals surface area contributed by atoms with E-state index in [-0.39, 0.29) is 0 Å². The monoisotopic (exact) mass is 397 g/mol. The van der Waals surface area contributed by atoms with E-state index in [0.29, 0.717) is 24.5 Å². The third kappa shape index (κ3) is 3.88. The molecule has 0 atom stereocenters. The van der Waals surface area contributed by atoms with Gasteiger partial charge in [0.25, 0.3) is 0 Å². The van der Waals surface area contributed by atoms with E-state index in [1.54, 1.807) is 40.1 Å². The molecule has 0 fully saturated rings. The van der Waals surface area contributed by atoms with Crippen LogP contribution in [0.2, 0.25) is 0 Å². The fourth-order valence-electron chi connectivity index (χ4n) is 2.50. The van der Waals surface area contributed by atoms with E-state index >= 15 is 0 Å². The first-order valence-electron chi connectivity index (χ1n) is 8.22. The molecule has 2 amide bonds. The van der Waals surface area contributed by atoms with Crippen LogP contribution in [-0.2, 0) is 16.0 Å². The average Bonchev–Trinajstić information content (AvgIpc) is 3.40. The van der Waals surface area contributed by atoms with Crippen molar-refractivity contribution in [3.8, 4) is 10.7 Å². The van der Waals surface area contributed by atoms with Gasteiger partial charge in [-0.05, 0) is 23.6 Å². The number of aromatic nitrogens is 3. The smallest absolute Gasteiger partial charge is 0.313 e. The summed E-state index contributed by atoms with van der Waals surface area (Å²) in [6.45, 7) is 0.334. The first-order chi connectivity index (χ1) is 13.2. The number of fused-ring (bicyclic) bond motifs is 1. The van der Waals surface area contributed by atoms with Gasteiger partial charge in [0.2, 0.25) is 4.96 Å². The minimum atomic E-state index is -0.683. The largest absolute Gasteiger partial charge is 0.347 e. The van der Waals surface area contributed by atoms with Gasteiger partial charge in [0.1, 0.15) is 0 Å². The summed E-state index contributed by atoms with van der Waals surface area (Å²) in [6.07, 6.45) is 0.553. The van der Waals surface area contributed by atoms with Crippen LogP contribution in [0, 0.1) is 0 Å². The van der Waals surface area contributed by atoms with Crippen LogP contribution in [0.4, 0.5) is 5.69 Å². The number of hydrogen-bond acceptors (Lipinski definition) is 6. The van der Waals surface area contributed by atoms with Gasteiger partial charge in [0, 0.05) is 24.0 Å². The maximum atomic E-state index is 11.9. The highest BCUT2D eigenvalue weighted by Gasteiger charge is 2.15. The molecule has 0 spiro atoms. The lowest BCUT2D eigenvalue weighted by Gasteiger charge is -2.06. The van der Waals surface area contributed by atoms with E-state index in [9.17, 15) is 9.59 Å². The van der Waals surface area contributed by atoms with Crippen molar-refractivity contribution in [2.24, 2.45) is 0 Å². The molecule has 136 valence electrons. The normalized spacial score (nSPS) is 10.8. The van der Waals surface area contributed by atoms with Crippen LogP contribution in [0.1, 0.15) is 5.69 Å². The number of thiazole rings is 1. The molecule has 1 aromatic carbocycles. The van der Waals surface area contributed by atoms with Crippen molar-refractivity contribution in [3.63, 3.8) is 0 Å². The summed E-state index contributed by atoms with van der Waals surface area (Å²) in [5.74, 6) is -0.648. The van der Waals surface area contributed by atoms with Crippen molar-refractivity contribution in [2.75, 3.05) is 11.9 Å². The molecule has 0 aliphatic heterocycles. The van der Waals surface area contributed by atoms with Crippen molar-refractivity contribution >= 4 is 45.1 Å². The Kier molecular flexibility index (Phi) is 4.95. The molecular weight excluding hydrogens is 382 g/mol. The van der Waals surface area contributed by atoms with Gasteiger partial charge in [-0.3, -0.25) is 9.59 Å². The quantitative estimate of drug-likeness (QED) is 0.507. The summed E-state index contributed by atoms with van der Waals surface area (Å²) in [7, 11) is 0. The fraction of sp³-hybridized carbons (Fsp3) is 0.111. The van der Waals surface area contributed by atoms with Gasteiger partial charge >= 0.3 is 11.8 Å². The van der Waals surface area contributed by atoms with E-state index in [2.05, 4.69) is 20.7 Å². The minimum Gasteiger partial charge on any atom is -0.347 e. The lowest BCUT2D eigenvalue weighted by atomic mass is 10.3. The topological polar surface area (TPSA) is 88.4 Å². The summed E-state index contributed by atoms with van der Waals surface area (Å²) in [5.41, 5.74) is 1.52. The average molecular weight is 397 g/mol. The summed E-state index contributed by atoms with van der Waals surface area (Å²) in [5, 5.41) is 13.7. The van der Waals surface area contributed by atoms with E-state index in [4.69, 9.17) is 0 Å². The van der Waals surface area contributed by atoms with Gasteiger partial charge < -0.3 is 10.6 Å². The highest BCUT2D eigenvalue weighted by atomic mass is 32.1. The van der Waals surface area contributed by atoms with Crippen LogP contribution in [0.3, 0.4) is 0 Å². The number of nitrogens with one attached hydrogen (secondary N) is 2. The standard InChI is InChI=1S/C18H15N5O2S2/c24-16(17(25)20-12-5-2-1-3-6-12)19-9-8-13-11-27-18-21-15(22-23(13)18)14-7-4-10-26-14/h1-7,10-11H,8-9H2,(H,19,24)(H,20,25). The van der Waals surface area contributed by atoms with Crippen molar-refractivity contribution in [2.45, 2.75) is 6.42 Å². The summed E-state index contributed by atoms with van der Waals surface area (Å²) in [6, 6.07) is 12.8. The molecule has 9 heteroatoms. The van der Waals surface area contributed by atoms with E-state index in [1.165, 1.54) is 11.3 Å². The SMILES string of the molecule is O=C(NCCc1csc2nc(-c3cccs3)nn12)C(=O)Nc1ccccc1. The van der Waals surface area contributed by atoms with Crippen molar-refractivity contribution < 1.29 is 9.59 Å². The van der Waals surface area contributed by atoms with Gasteiger partial charge in [-0.25, -0.2) is 4.52 Å². The van der Waals surface area contributed by atoms with Crippen LogP contribution in [-0.4, -0.2) is 33.0 Å². The molecule has 4 aromatic rings. The van der Waals surface area contributed by atoms with Gasteiger partial charge in [-0.2, -0.15) is 4.98 Å². The number of carbonyl (C=O) groups is 2. The molecule has 0 aliphatic rings. The molecule has 4 rings (SSSR count). The number of thiophene rings is 1. The molecule has 0 aliphatic carbocycles. The zero-order valence-electron chi connectivity index (χ0n) is 14.1. The van der Waals surface area contributed by atoms with Crippen LogP contribution in [0.25, 0.3) is 15.7 Å². The predicted octanol–water partition coefficient (Wildman–Crippen LogP) is 2.82. The Morgan fingerprint density at radius 2 is 1.89 bits per heavy atom. The molecule has 27 heavy (non-hydrogen) atoms. The molecular formula is C18H15N5O2S2. The molecule has 3 heterocycles. The number of carbonyl (C=O) groups excluding carboxylic acids is 2. The Labute approximate surface area is 162 Å². The Balaban J connectivity index is 1.35. The van der Waals surface area contributed by atoms with Gasteiger partial charge in [-0.15, -0.1) is 27.8 Å². The molecule has 0 bridgehead atoms. The molecule has 0 saturated carbocycles. The van der Waals surface area contributed by atoms with Crippen LogP contribution in [0.15, 0.2) is 53.2 Å². The van der Waals surface area contributed by atoms with Gasteiger partial charge in [0.05, 0.1) is 10.6 Å². The molecule has 3 aromatic heterocycles. The number of rotatable bonds is 5. The van der Waals surface area contributed by atoms with E-state index in [0.717, 1.165) is 15.5 Å². The molecule has 0 saturated heterocycles. The van der Waals surface area contributed by atoms with E-state index in [1.807, 2.05) is 29.0 Å². The van der Waals surface area contributed by atoms with Crippen LogP contribution in [0.5, 0.6) is 0 Å². The second-order valence-corrected chi connectivity index (χ2v) is 7.44. The number of benzene rings is 1. The summed E-state index contributed by atoms with van der Waals surface area (Å²) in [4.78, 5) is 30.2. The number of anilines is 1. The van der Waals surface area contributed by atoms with Gasteiger partial charge in [-0.1, -0.05) is 24.3 Å². The lowest BCUT2D eigenvalue weighted by Crippen LogP contribution is -2.36. The zero-order chi connectivity index (χ0) is 18.6. The lowest BCUT2D eigenvalue weighted by molar-refractivity contribution is -0.136. The highest BCUT2D eigenvalue weighted by molar-refractivity contribution is 7.15. The van der Waals surface area contributed by atoms with Crippen molar-refractivity contribution in [3.05, 3.63) is 58.9 Å². The molecule has 7 nitrogen and oxygen atoms in total. The molecule has 0 unspecified atom stereocenters. The summed E-state index contributed by atoms with van der Waals surface area (Å²) >= 11 is 3.09. The second-order valence-electron chi connectivity index (χ2n) is 5.66. The highest BCUT2D eigenvalue weighted by Crippen LogP contribution is 2.24. The van der Waals surface area contributed by atoms with Gasteiger partial charge in [0.15, 0.2) is 5.82 Å². The number of para-hydroxylation sites is 1. The fourth-order valence-corrected chi connectivity index (χ4v) is 4.01. The zero-order valence-corrected chi connectivity index (χ0v) is 15.7. The second kappa shape index (κ2) is 7.68. The molecule has 0 radical (unpaired) electrons. The number of hydrogen-bond donors (Lipinski definition) is 2. The first-order valence-corrected chi connectivity index (χ1v) is 9.98.